The van der Waals surface area contributed by atoms with Crippen LogP contribution in [0.1, 0.15) is 33.6 Å². The molecule has 0 aliphatic heterocycles. The summed E-state index contributed by atoms with van der Waals surface area (Å²) in [5.74, 6) is 1.27. The van der Waals surface area contributed by atoms with Crippen LogP contribution in [0.3, 0.4) is 0 Å². The predicted octanol–water partition coefficient (Wildman–Crippen LogP) is 3.77. The summed E-state index contributed by atoms with van der Waals surface area (Å²) >= 11 is 0. The first-order chi connectivity index (χ1) is 10.0. The maximum absolute atomic E-state index is 10.9. The van der Waals surface area contributed by atoms with Crippen molar-refractivity contribution >= 4 is 22.4 Å². The first kappa shape index (κ1) is 15.2. The molecule has 0 amide bonds. The van der Waals surface area contributed by atoms with Gasteiger partial charge in [-0.2, -0.15) is 0 Å². The van der Waals surface area contributed by atoms with Crippen molar-refractivity contribution in [2.75, 3.05) is 5.32 Å². The molecule has 0 aliphatic rings. The van der Waals surface area contributed by atoms with E-state index in [1.165, 1.54) is 18.5 Å². The number of rotatable bonds is 6. The number of nitro groups is 1. The summed E-state index contributed by atoms with van der Waals surface area (Å²) in [7, 11) is 0. The number of non-ortho nitro benzene ring substituents is 1. The molecule has 0 saturated carbocycles. The van der Waals surface area contributed by atoms with Crippen molar-refractivity contribution in [1.82, 2.24) is 9.97 Å². The van der Waals surface area contributed by atoms with Crippen LogP contribution in [-0.4, -0.2) is 20.9 Å². The van der Waals surface area contributed by atoms with Crippen LogP contribution in [0, 0.1) is 16.0 Å². The van der Waals surface area contributed by atoms with Gasteiger partial charge in [0.25, 0.3) is 5.69 Å². The predicted molar refractivity (Wildman–Crippen MR) is 83.3 cm³/mol. The minimum absolute atomic E-state index is 0.0509. The van der Waals surface area contributed by atoms with E-state index in [0.717, 1.165) is 12.8 Å². The highest BCUT2D eigenvalue weighted by Gasteiger charge is 2.13. The van der Waals surface area contributed by atoms with Gasteiger partial charge in [0.05, 0.1) is 10.4 Å². The molecule has 0 saturated heterocycles. The summed E-state index contributed by atoms with van der Waals surface area (Å²) < 4.78 is 0. The number of nitrogens with zero attached hydrogens (tertiary/aromatic N) is 3. The average molecular weight is 288 g/mol. The van der Waals surface area contributed by atoms with Gasteiger partial charge in [-0.25, -0.2) is 9.97 Å². The standard InChI is InChI=1S/C15H20N4O2/c1-4-10(2)7-11(3)18-15-13-8-12(19(20)21)5-6-14(13)16-9-17-15/h5-6,8-11H,4,7H2,1-3H3,(H,16,17,18). The van der Waals surface area contributed by atoms with E-state index in [9.17, 15) is 10.1 Å². The second kappa shape index (κ2) is 6.47. The Morgan fingerprint density at radius 2 is 2.10 bits per heavy atom. The number of fused-ring (bicyclic) bond motifs is 1. The second-order valence-corrected chi connectivity index (χ2v) is 5.48. The van der Waals surface area contributed by atoms with E-state index in [2.05, 4.69) is 36.1 Å². The normalized spacial score (nSPS) is 13.9. The molecule has 1 aromatic heterocycles. The molecule has 1 N–H and O–H groups in total. The summed E-state index contributed by atoms with van der Waals surface area (Å²) in [5.41, 5.74) is 0.753. The summed E-state index contributed by atoms with van der Waals surface area (Å²) in [5, 5.41) is 14.9. The minimum atomic E-state index is -0.404. The number of nitrogens with one attached hydrogen (secondary N) is 1. The van der Waals surface area contributed by atoms with Crippen molar-refractivity contribution in [1.29, 1.82) is 0 Å². The lowest BCUT2D eigenvalue weighted by Gasteiger charge is -2.18. The highest BCUT2D eigenvalue weighted by Crippen LogP contribution is 2.25. The Morgan fingerprint density at radius 1 is 1.33 bits per heavy atom. The van der Waals surface area contributed by atoms with Gasteiger partial charge >= 0.3 is 0 Å². The molecule has 0 spiro atoms. The van der Waals surface area contributed by atoms with Crippen LogP contribution in [0.2, 0.25) is 0 Å². The van der Waals surface area contributed by atoms with Crippen molar-refractivity contribution in [3.05, 3.63) is 34.6 Å². The molecule has 6 nitrogen and oxygen atoms in total. The Balaban J connectivity index is 2.30. The maximum atomic E-state index is 10.9. The Hall–Kier alpha value is -2.24. The monoisotopic (exact) mass is 288 g/mol. The van der Waals surface area contributed by atoms with Crippen LogP contribution in [0.25, 0.3) is 10.9 Å². The summed E-state index contributed by atoms with van der Waals surface area (Å²) in [6.07, 6.45) is 3.63. The van der Waals surface area contributed by atoms with E-state index in [4.69, 9.17) is 0 Å². The fourth-order valence-corrected chi connectivity index (χ4v) is 2.34. The molecule has 2 unspecified atom stereocenters. The van der Waals surface area contributed by atoms with Gasteiger partial charge in [0.2, 0.25) is 0 Å². The van der Waals surface area contributed by atoms with Crippen molar-refractivity contribution < 1.29 is 4.92 Å². The number of aromatic nitrogens is 2. The van der Waals surface area contributed by atoms with Crippen LogP contribution >= 0.6 is 0 Å². The molecule has 6 heteroatoms. The molecule has 112 valence electrons. The molecule has 2 atom stereocenters. The second-order valence-electron chi connectivity index (χ2n) is 5.48. The number of benzene rings is 1. The Bertz CT molecular complexity index is 645. The van der Waals surface area contributed by atoms with Gasteiger partial charge in [-0.15, -0.1) is 0 Å². The highest BCUT2D eigenvalue weighted by molar-refractivity contribution is 5.90. The Labute approximate surface area is 123 Å². The third kappa shape index (κ3) is 3.65. The van der Waals surface area contributed by atoms with Crippen LogP contribution in [0.4, 0.5) is 11.5 Å². The topological polar surface area (TPSA) is 81.0 Å². The summed E-state index contributed by atoms with van der Waals surface area (Å²) in [4.78, 5) is 18.9. The zero-order valence-electron chi connectivity index (χ0n) is 12.5. The van der Waals surface area contributed by atoms with E-state index in [1.54, 1.807) is 6.07 Å². The Morgan fingerprint density at radius 3 is 2.76 bits per heavy atom. The van der Waals surface area contributed by atoms with Gasteiger partial charge in [0.15, 0.2) is 0 Å². The van der Waals surface area contributed by atoms with Gasteiger partial charge in [-0.1, -0.05) is 20.3 Å². The molecule has 1 aromatic carbocycles. The molecule has 0 fully saturated rings. The van der Waals surface area contributed by atoms with Crippen molar-refractivity contribution in [3.8, 4) is 0 Å². The van der Waals surface area contributed by atoms with E-state index in [0.29, 0.717) is 22.6 Å². The van der Waals surface area contributed by atoms with Crippen LogP contribution in [0.5, 0.6) is 0 Å². The molecule has 2 rings (SSSR count). The molecule has 1 heterocycles. The van der Waals surface area contributed by atoms with Crippen molar-refractivity contribution in [3.63, 3.8) is 0 Å². The van der Waals surface area contributed by atoms with Crippen LogP contribution < -0.4 is 5.32 Å². The zero-order valence-corrected chi connectivity index (χ0v) is 12.5. The lowest BCUT2D eigenvalue weighted by molar-refractivity contribution is -0.384. The first-order valence-electron chi connectivity index (χ1n) is 7.17. The highest BCUT2D eigenvalue weighted by atomic mass is 16.6. The molecule has 2 aromatic rings. The van der Waals surface area contributed by atoms with E-state index in [-0.39, 0.29) is 11.7 Å². The van der Waals surface area contributed by atoms with Crippen molar-refractivity contribution in [2.24, 2.45) is 5.92 Å². The van der Waals surface area contributed by atoms with Crippen LogP contribution in [0.15, 0.2) is 24.5 Å². The summed E-state index contributed by atoms with van der Waals surface area (Å²) in [6, 6.07) is 4.88. The van der Waals surface area contributed by atoms with Gasteiger partial charge in [-0.05, 0) is 25.3 Å². The first-order valence-corrected chi connectivity index (χ1v) is 7.17. The molecule has 0 aliphatic carbocycles. The van der Waals surface area contributed by atoms with E-state index < -0.39 is 4.92 Å². The van der Waals surface area contributed by atoms with Gasteiger partial charge in [0, 0.05) is 23.6 Å². The average Bonchev–Trinajstić information content (AvgIpc) is 2.46. The van der Waals surface area contributed by atoms with Gasteiger partial charge in [0.1, 0.15) is 12.1 Å². The Kier molecular flexibility index (Phi) is 4.67. The maximum Gasteiger partial charge on any atom is 0.270 e. The summed E-state index contributed by atoms with van der Waals surface area (Å²) in [6.45, 7) is 6.47. The van der Waals surface area contributed by atoms with Gasteiger partial charge in [-0.3, -0.25) is 10.1 Å². The van der Waals surface area contributed by atoms with Crippen molar-refractivity contribution in [2.45, 2.75) is 39.7 Å². The van der Waals surface area contributed by atoms with E-state index in [1.807, 2.05) is 0 Å². The molecular weight excluding hydrogens is 268 g/mol. The number of anilines is 1. The zero-order chi connectivity index (χ0) is 15.4. The third-order valence-electron chi connectivity index (χ3n) is 3.67. The fourth-order valence-electron chi connectivity index (χ4n) is 2.34. The number of nitro benzene ring substituents is 1. The lowest BCUT2D eigenvalue weighted by atomic mass is 10.0. The molecule has 21 heavy (non-hydrogen) atoms. The molecule has 0 bridgehead atoms. The van der Waals surface area contributed by atoms with Gasteiger partial charge < -0.3 is 5.32 Å². The number of hydrogen-bond donors (Lipinski definition) is 1. The molecular formula is C15H20N4O2. The minimum Gasteiger partial charge on any atom is -0.367 e. The fraction of sp³-hybridized carbons (Fsp3) is 0.467. The SMILES string of the molecule is CCC(C)CC(C)Nc1ncnc2ccc([N+](=O)[O-])cc12. The molecule has 0 radical (unpaired) electrons. The number of hydrogen-bond acceptors (Lipinski definition) is 5. The lowest BCUT2D eigenvalue weighted by Crippen LogP contribution is -2.19. The van der Waals surface area contributed by atoms with E-state index >= 15 is 0 Å². The smallest absolute Gasteiger partial charge is 0.270 e. The third-order valence-corrected chi connectivity index (χ3v) is 3.67. The van der Waals surface area contributed by atoms with Crippen LogP contribution in [-0.2, 0) is 0 Å². The largest absolute Gasteiger partial charge is 0.367 e. The quantitative estimate of drug-likeness (QED) is 0.646.